The van der Waals surface area contributed by atoms with Gasteiger partial charge in [0.2, 0.25) is 11.8 Å². The molecule has 0 bridgehead atoms. The van der Waals surface area contributed by atoms with Crippen LogP contribution in [0.1, 0.15) is 25.8 Å². The fourth-order valence-electron chi connectivity index (χ4n) is 2.12. The summed E-state index contributed by atoms with van der Waals surface area (Å²) in [6.45, 7) is 4.49. The Kier molecular flexibility index (Phi) is 6.11. The number of rotatable bonds is 7. The van der Waals surface area contributed by atoms with Crippen LogP contribution in [-0.4, -0.2) is 16.9 Å². The smallest absolute Gasteiger partial charge is 0.237 e. The van der Waals surface area contributed by atoms with Crippen LogP contribution in [0.25, 0.3) is 0 Å². The van der Waals surface area contributed by atoms with Gasteiger partial charge >= 0.3 is 0 Å². The summed E-state index contributed by atoms with van der Waals surface area (Å²) in [6.07, 6.45) is 2.36. The predicted octanol–water partition coefficient (Wildman–Crippen LogP) is 2.86. The molecule has 2 aromatic rings. The number of pyridine rings is 1. The molecule has 3 N–H and O–H groups in total. The van der Waals surface area contributed by atoms with Gasteiger partial charge in [0.25, 0.3) is 0 Å². The molecule has 2 rings (SSSR count). The third kappa shape index (κ3) is 5.71. The van der Waals surface area contributed by atoms with Crippen LogP contribution in [0.5, 0.6) is 11.6 Å². The number of carbonyl (C=O) groups is 1. The lowest BCUT2D eigenvalue weighted by molar-refractivity contribution is -0.122. The molecule has 0 aliphatic carbocycles. The fourth-order valence-corrected chi connectivity index (χ4v) is 2.12. The Morgan fingerprint density at radius 1 is 1.22 bits per heavy atom. The van der Waals surface area contributed by atoms with Gasteiger partial charge in [-0.1, -0.05) is 38.1 Å². The lowest BCUT2D eigenvalue weighted by atomic mass is 10.0. The van der Waals surface area contributed by atoms with Crippen molar-refractivity contribution in [3.63, 3.8) is 0 Å². The van der Waals surface area contributed by atoms with Crippen molar-refractivity contribution in [2.75, 3.05) is 0 Å². The molecule has 1 amide bonds. The Labute approximate surface area is 136 Å². The number of nitrogens with two attached hydrogens (primary N) is 1. The van der Waals surface area contributed by atoms with Gasteiger partial charge in [-0.2, -0.15) is 0 Å². The van der Waals surface area contributed by atoms with E-state index in [4.69, 9.17) is 10.5 Å². The van der Waals surface area contributed by atoms with Gasteiger partial charge in [-0.05, 0) is 30.0 Å². The van der Waals surface area contributed by atoms with Crippen LogP contribution in [0.4, 0.5) is 0 Å². The summed E-state index contributed by atoms with van der Waals surface area (Å²) in [7, 11) is 0. The van der Waals surface area contributed by atoms with E-state index in [-0.39, 0.29) is 5.91 Å². The number of ether oxygens (including phenoxy) is 1. The quantitative estimate of drug-likeness (QED) is 0.824. The molecule has 1 atom stereocenters. The van der Waals surface area contributed by atoms with E-state index in [1.807, 2.05) is 50.2 Å². The molecule has 0 radical (unpaired) electrons. The average Bonchev–Trinajstić information content (AvgIpc) is 2.54. The summed E-state index contributed by atoms with van der Waals surface area (Å²) in [4.78, 5) is 16.1. The van der Waals surface area contributed by atoms with Crippen LogP contribution in [0, 0.1) is 5.92 Å². The number of hydrogen-bond acceptors (Lipinski definition) is 4. The Hall–Kier alpha value is -2.40. The number of amides is 1. The number of aromatic nitrogens is 1. The highest BCUT2D eigenvalue weighted by Gasteiger charge is 2.14. The Bertz CT molecular complexity index is 612. The standard InChI is InChI=1S/C18H23N3O2/c1-13(2)10-16(19)18(22)21-12-14-8-9-17(20-11-14)23-15-6-4-3-5-7-15/h3-9,11,13,16H,10,12,19H2,1-2H3,(H,21,22)/t16-/m0/s1. The second kappa shape index (κ2) is 8.29. The maximum absolute atomic E-state index is 11.9. The maximum Gasteiger partial charge on any atom is 0.237 e. The van der Waals surface area contributed by atoms with Gasteiger partial charge in [0.1, 0.15) is 5.75 Å². The molecule has 1 heterocycles. The van der Waals surface area contributed by atoms with E-state index >= 15 is 0 Å². The highest BCUT2D eigenvalue weighted by molar-refractivity contribution is 5.81. The van der Waals surface area contributed by atoms with Crippen LogP contribution < -0.4 is 15.8 Å². The molecular weight excluding hydrogens is 290 g/mol. The van der Waals surface area contributed by atoms with Gasteiger partial charge in [-0.25, -0.2) is 4.98 Å². The number of carbonyl (C=O) groups excluding carboxylic acids is 1. The Morgan fingerprint density at radius 3 is 2.57 bits per heavy atom. The van der Waals surface area contributed by atoms with E-state index in [0.717, 1.165) is 11.3 Å². The van der Waals surface area contributed by atoms with Gasteiger partial charge in [0.05, 0.1) is 6.04 Å². The summed E-state index contributed by atoms with van der Waals surface area (Å²) >= 11 is 0. The zero-order valence-corrected chi connectivity index (χ0v) is 13.5. The minimum atomic E-state index is -0.469. The van der Waals surface area contributed by atoms with Crippen molar-refractivity contribution in [3.05, 3.63) is 54.2 Å². The molecular formula is C18H23N3O2. The molecule has 5 nitrogen and oxygen atoms in total. The number of benzene rings is 1. The van der Waals surface area contributed by atoms with E-state index < -0.39 is 6.04 Å². The van der Waals surface area contributed by atoms with Crippen molar-refractivity contribution < 1.29 is 9.53 Å². The van der Waals surface area contributed by atoms with Crippen LogP contribution in [0.3, 0.4) is 0 Å². The lowest BCUT2D eigenvalue weighted by Crippen LogP contribution is -2.41. The van der Waals surface area contributed by atoms with Crippen LogP contribution >= 0.6 is 0 Å². The maximum atomic E-state index is 11.9. The van der Waals surface area contributed by atoms with Crippen molar-refractivity contribution in [2.45, 2.75) is 32.9 Å². The molecule has 23 heavy (non-hydrogen) atoms. The first-order chi connectivity index (χ1) is 11.0. The zero-order valence-electron chi connectivity index (χ0n) is 13.5. The number of nitrogens with one attached hydrogen (secondary N) is 1. The van der Waals surface area contributed by atoms with Gasteiger partial charge in [0, 0.05) is 18.8 Å². The first kappa shape index (κ1) is 17.0. The monoisotopic (exact) mass is 313 g/mol. The van der Waals surface area contributed by atoms with Crippen LogP contribution in [0.15, 0.2) is 48.7 Å². The molecule has 0 aliphatic rings. The molecule has 0 fully saturated rings. The summed E-state index contributed by atoms with van der Waals surface area (Å²) in [5.41, 5.74) is 6.74. The molecule has 0 saturated heterocycles. The molecule has 0 unspecified atom stereocenters. The van der Waals surface area contributed by atoms with Gasteiger partial charge in [-0.3, -0.25) is 4.79 Å². The van der Waals surface area contributed by atoms with E-state index in [9.17, 15) is 4.79 Å². The molecule has 1 aromatic carbocycles. The third-order valence-corrected chi connectivity index (χ3v) is 3.29. The fraction of sp³-hybridized carbons (Fsp3) is 0.333. The molecule has 0 aliphatic heterocycles. The first-order valence-corrected chi connectivity index (χ1v) is 7.75. The summed E-state index contributed by atoms with van der Waals surface area (Å²) in [5.74, 6) is 1.51. The normalized spacial score (nSPS) is 12.0. The second-order valence-corrected chi connectivity index (χ2v) is 5.87. The second-order valence-electron chi connectivity index (χ2n) is 5.87. The van der Waals surface area contributed by atoms with E-state index in [0.29, 0.717) is 24.8 Å². The number of para-hydroxylation sites is 1. The first-order valence-electron chi connectivity index (χ1n) is 7.75. The van der Waals surface area contributed by atoms with Crippen molar-refractivity contribution in [2.24, 2.45) is 11.7 Å². The predicted molar refractivity (Wildman–Crippen MR) is 90.0 cm³/mol. The van der Waals surface area contributed by atoms with Gasteiger partial charge < -0.3 is 15.8 Å². The van der Waals surface area contributed by atoms with Gasteiger partial charge in [-0.15, -0.1) is 0 Å². The Morgan fingerprint density at radius 2 is 1.96 bits per heavy atom. The summed E-state index contributed by atoms with van der Waals surface area (Å²) in [5, 5.41) is 2.83. The largest absolute Gasteiger partial charge is 0.439 e. The molecule has 0 saturated carbocycles. The zero-order chi connectivity index (χ0) is 16.7. The van der Waals surface area contributed by atoms with Crippen LogP contribution in [-0.2, 0) is 11.3 Å². The lowest BCUT2D eigenvalue weighted by Gasteiger charge is -2.14. The molecule has 5 heteroatoms. The minimum Gasteiger partial charge on any atom is -0.439 e. The summed E-state index contributed by atoms with van der Waals surface area (Å²) in [6, 6.07) is 12.7. The number of hydrogen-bond donors (Lipinski definition) is 2. The van der Waals surface area contributed by atoms with Crippen molar-refractivity contribution in [3.8, 4) is 11.6 Å². The topological polar surface area (TPSA) is 77.2 Å². The summed E-state index contributed by atoms with van der Waals surface area (Å²) < 4.78 is 5.62. The Balaban J connectivity index is 1.84. The molecule has 1 aromatic heterocycles. The highest BCUT2D eigenvalue weighted by atomic mass is 16.5. The van der Waals surface area contributed by atoms with Crippen molar-refractivity contribution >= 4 is 5.91 Å². The highest BCUT2D eigenvalue weighted by Crippen LogP contribution is 2.18. The van der Waals surface area contributed by atoms with E-state index in [1.165, 1.54) is 0 Å². The van der Waals surface area contributed by atoms with E-state index in [2.05, 4.69) is 10.3 Å². The minimum absolute atomic E-state index is 0.136. The molecule has 0 spiro atoms. The third-order valence-electron chi connectivity index (χ3n) is 3.29. The number of nitrogens with zero attached hydrogens (tertiary/aromatic N) is 1. The van der Waals surface area contributed by atoms with Gasteiger partial charge in [0.15, 0.2) is 0 Å². The SMILES string of the molecule is CC(C)C[C@H](N)C(=O)NCc1ccc(Oc2ccccc2)nc1. The average molecular weight is 313 g/mol. The van der Waals surface area contributed by atoms with Crippen molar-refractivity contribution in [1.82, 2.24) is 10.3 Å². The van der Waals surface area contributed by atoms with Crippen LogP contribution in [0.2, 0.25) is 0 Å². The van der Waals surface area contributed by atoms with Crippen molar-refractivity contribution in [1.29, 1.82) is 0 Å². The molecule has 122 valence electrons. The van der Waals surface area contributed by atoms with E-state index in [1.54, 1.807) is 12.3 Å².